The first-order valence-electron chi connectivity index (χ1n) is 9.19. The van der Waals surface area contributed by atoms with Crippen LogP contribution in [0.5, 0.6) is 0 Å². The maximum absolute atomic E-state index is 12.6. The minimum Gasteiger partial charge on any atom is -0.368 e. The fraction of sp³-hybridized carbons (Fsp3) is 0.190. The molecule has 1 fully saturated rings. The molecule has 142 valence electrons. The summed E-state index contributed by atoms with van der Waals surface area (Å²) in [5, 5.41) is 4.65. The first kappa shape index (κ1) is 18.3. The first-order chi connectivity index (χ1) is 13.8. The third-order valence-electron chi connectivity index (χ3n) is 4.52. The van der Waals surface area contributed by atoms with Crippen LogP contribution in [-0.2, 0) is 0 Å². The number of amides is 2. The van der Waals surface area contributed by atoms with E-state index in [-0.39, 0.29) is 6.03 Å². The summed E-state index contributed by atoms with van der Waals surface area (Å²) in [4.78, 5) is 25.4. The van der Waals surface area contributed by atoms with Gasteiger partial charge in [0.1, 0.15) is 10.1 Å². The van der Waals surface area contributed by atoms with Crippen molar-refractivity contribution in [2.75, 3.05) is 36.4 Å². The van der Waals surface area contributed by atoms with E-state index >= 15 is 0 Å². The van der Waals surface area contributed by atoms with Crippen molar-refractivity contribution in [2.45, 2.75) is 10.1 Å². The van der Waals surface area contributed by atoms with Gasteiger partial charge in [0.15, 0.2) is 0 Å². The lowest BCUT2D eigenvalue weighted by Crippen LogP contribution is -2.50. The number of pyridine rings is 2. The second-order valence-electron chi connectivity index (χ2n) is 6.39. The number of para-hydroxylation sites is 1. The zero-order valence-corrected chi connectivity index (χ0v) is 16.2. The third kappa shape index (κ3) is 4.61. The molecule has 1 aromatic carbocycles. The number of carbonyl (C=O) groups excluding carboxylic acids is 1. The summed E-state index contributed by atoms with van der Waals surface area (Å²) in [6, 6.07) is 19.7. The summed E-state index contributed by atoms with van der Waals surface area (Å²) >= 11 is 1.47. The lowest BCUT2D eigenvalue weighted by Gasteiger charge is -2.36. The van der Waals surface area contributed by atoms with Crippen LogP contribution in [0.3, 0.4) is 0 Å². The molecule has 0 spiro atoms. The van der Waals surface area contributed by atoms with Crippen molar-refractivity contribution in [3.63, 3.8) is 0 Å². The Morgan fingerprint density at radius 3 is 2.36 bits per heavy atom. The number of urea groups is 1. The fourth-order valence-corrected chi connectivity index (χ4v) is 3.84. The quantitative estimate of drug-likeness (QED) is 0.729. The topological polar surface area (TPSA) is 61.4 Å². The zero-order valence-electron chi connectivity index (χ0n) is 15.4. The Kier molecular flexibility index (Phi) is 5.72. The molecule has 4 rings (SSSR count). The van der Waals surface area contributed by atoms with Gasteiger partial charge in [-0.15, -0.1) is 0 Å². The highest BCUT2D eigenvalue weighted by atomic mass is 32.2. The molecule has 6 nitrogen and oxygen atoms in total. The Labute approximate surface area is 168 Å². The van der Waals surface area contributed by atoms with Gasteiger partial charge in [0, 0.05) is 49.9 Å². The molecule has 0 aliphatic carbocycles. The highest BCUT2D eigenvalue weighted by molar-refractivity contribution is 7.99. The average molecular weight is 392 g/mol. The molecule has 3 aromatic rings. The minimum atomic E-state index is -0.0762. The lowest BCUT2D eigenvalue weighted by molar-refractivity contribution is 0.208. The molecule has 28 heavy (non-hydrogen) atoms. The minimum absolute atomic E-state index is 0.0762. The van der Waals surface area contributed by atoms with Gasteiger partial charge >= 0.3 is 6.03 Å². The summed E-state index contributed by atoms with van der Waals surface area (Å²) < 4.78 is 0. The van der Waals surface area contributed by atoms with Gasteiger partial charge in [-0.3, -0.25) is 0 Å². The normalized spacial score (nSPS) is 14.0. The Balaban J connectivity index is 1.33. The SMILES string of the molecule is O=C(Nc1ccnc(Sc2ccccn2)c1)N1CCN(c2ccccc2)CC1. The highest BCUT2D eigenvalue weighted by Crippen LogP contribution is 2.25. The summed E-state index contributed by atoms with van der Waals surface area (Å²) in [6.45, 7) is 3.05. The lowest BCUT2D eigenvalue weighted by atomic mass is 10.2. The molecule has 1 aliphatic rings. The van der Waals surface area contributed by atoms with Crippen molar-refractivity contribution in [2.24, 2.45) is 0 Å². The number of carbonyl (C=O) groups is 1. The van der Waals surface area contributed by atoms with Crippen molar-refractivity contribution in [3.05, 3.63) is 73.1 Å². The number of hydrogen-bond acceptors (Lipinski definition) is 5. The van der Waals surface area contributed by atoms with Gasteiger partial charge in [-0.1, -0.05) is 36.0 Å². The molecule has 2 aromatic heterocycles. The van der Waals surface area contributed by atoms with Gasteiger partial charge in [0.05, 0.1) is 0 Å². The first-order valence-corrected chi connectivity index (χ1v) is 10.0. The van der Waals surface area contributed by atoms with Crippen LogP contribution >= 0.6 is 11.8 Å². The Morgan fingerprint density at radius 1 is 0.857 bits per heavy atom. The summed E-state index contributed by atoms with van der Waals surface area (Å²) in [5.74, 6) is 0. The number of nitrogens with zero attached hydrogens (tertiary/aromatic N) is 4. The monoisotopic (exact) mass is 391 g/mol. The van der Waals surface area contributed by atoms with Crippen LogP contribution in [0.4, 0.5) is 16.2 Å². The third-order valence-corrected chi connectivity index (χ3v) is 5.40. The van der Waals surface area contributed by atoms with Crippen LogP contribution in [0.1, 0.15) is 0 Å². The van der Waals surface area contributed by atoms with E-state index in [1.165, 1.54) is 17.4 Å². The molecule has 7 heteroatoms. The van der Waals surface area contributed by atoms with E-state index in [1.54, 1.807) is 18.5 Å². The van der Waals surface area contributed by atoms with E-state index in [0.717, 1.165) is 28.8 Å². The Bertz CT molecular complexity index is 914. The highest BCUT2D eigenvalue weighted by Gasteiger charge is 2.21. The van der Waals surface area contributed by atoms with Crippen molar-refractivity contribution >= 4 is 29.2 Å². The summed E-state index contributed by atoms with van der Waals surface area (Å²) in [6.07, 6.45) is 3.46. The maximum Gasteiger partial charge on any atom is 0.321 e. The molecular weight excluding hydrogens is 370 g/mol. The van der Waals surface area contributed by atoms with Gasteiger partial charge in [-0.2, -0.15) is 0 Å². The van der Waals surface area contributed by atoms with Crippen LogP contribution < -0.4 is 10.2 Å². The Hall–Kier alpha value is -3.06. The van der Waals surface area contributed by atoms with E-state index < -0.39 is 0 Å². The van der Waals surface area contributed by atoms with Gasteiger partial charge in [-0.05, 0) is 36.4 Å². The molecule has 1 N–H and O–H groups in total. The molecule has 2 amide bonds. The van der Waals surface area contributed by atoms with Crippen molar-refractivity contribution in [1.29, 1.82) is 0 Å². The molecular formula is C21H21N5OS. The molecule has 0 atom stereocenters. The van der Waals surface area contributed by atoms with Gasteiger partial charge < -0.3 is 15.1 Å². The molecule has 0 radical (unpaired) electrons. The van der Waals surface area contributed by atoms with E-state index in [0.29, 0.717) is 13.1 Å². The number of hydrogen-bond donors (Lipinski definition) is 1. The molecule has 3 heterocycles. The smallest absolute Gasteiger partial charge is 0.321 e. The molecule has 1 saturated heterocycles. The molecule has 1 aliphatic heterocycles. The number of rotatable bonds is 4. The van der Waals surface area contributed by atoms with Gasteiger partial charge in [0.2, 0.25) is 0 Å². The van der Waals surface area contributed by atoms with E-state index in [2.05, 4.69) is 32.3 Å². The Morgan fingerprint density at radius 2 is 1.61 bits per heavy atom. The number of benzene rings is 1. The van der Waals surface area contributed by atoms with Crippen LogP contribution in [0.2, 0.25) is 0 Å². The number of anilines is 2. The standard InChI is InChI=1S/C21H21N5OS/c27-21(26-14-12-25(13-15-26)18-6-2-1-3-7-18)24-17-9-11-23-20(16-17)28-19-8-4-5-10-22-19/h1-11,16H,12-15H2,(H,23,24,27). The van der Waals surface area contributed by atoms with E-state index in [4.69, 9.17) is 0 Å². The predicted molar refractivity (Wildman–Crippen MR) is 112 cm³/mol. The molecule has 0 bridgehead atoms. The second-order valence-corrected chi connectivity index (χ2v) is 7.43. The number of nitrogens with one attached hydrogen (secondary N) is 1. The predicted octanol–water partition coefficient (Wildman–Crippen LogP) is 3.98. The van der Waals surface area contributed by atoms with Crippen LogP contribution in [0.15, 0.2) is 83.1 Å². The van der Waals surface area contributed by atoms with Crippen LogP contribution in [0.25, 0.3) is 0 Å². The largest absolute Gasteiger partial charge is 0.368 e. The number of piperazine rings is 1. The maximum atomic E-state index is 12.6. The van der Waals surface area contributed by atoms with Crippen LogP contribution in [-0.4, -0.2) is 47.1 Å². The summed E-state index contributed by atoms with van der Waals surface area (Å²) in [7, 11) is 0. The van der Waals surface area contributed by atoms with Crippen molar-refractivity contribution in [3.8, 4) is 0 Å². The van der Waals surface area contributed by atoms with Crippen LogP contribution in [0, 0.1) is 0 Å². The molecule has 0 unspecified atom stereocenters. The number of aromatic nitrogens is 2. The van der Waals surface area contributed by atoms with E-state index in [9.17, 15) is 4.79 Å². The van der Waals surface area contributed by atoms with Crippen molar-refractivity contribution < 1.29 is 4.79 Å². The average Bonchev–Trinajstić information content (AvgIpc) is 2.75. The van der Waals surface area contributed by atoms with E-state index in [1.807, 2.05) is 47.4 Å². The second kappa shape index (κ2) is 8.75. The molecule has 0 saturated carbocycles. The van der Waals surface area contributed by atoms with Gasteiger partial charge in [0.25, 0.3) is 0 Å². The zero-order chi connectivity index (χ0) is 19.2. The van der Waals surface area contributed by atoms with Gasteiger partial charge in [-0.25, -0.2) is 14.8 Å². The fourth-order valence-electron chi connectivity index (χ4n) is 3.07. The van der Waals surface area contributed by atoms with Crippen molar-refractivity contribution in [1.82, 2.24) is 14.9 Å². The summed E-state index contributed by atoms with van der Waals surface area (Å²) in [5.41, 5.74) is 1.94.